The van der Waals surface area contributed by atoms with Crippen molar-refractivity contribution in [3.8, 4) is 11.4 Å². The highest BCUT2D eigenvalue weighted by Crippen LogP contribution is 2.43. The lowest BCUT2D eigenvalue weighted by atomic mass is 9.82. The van der Waals surface area contributed by atoms with E-state index >= 15 is 0 Å². The molecule has 4 heterocycles. The van der Waals surface area contributed by atoms with Gasteiger partial charge < -0.3 is 4.57 Å². The fraction of sp³-hybridized carbons (Fsp3) is 0.407. The van der Waals surface area contributed by atoms with Gasteiger partial charge in [-0.2, -0.15) is 13.2 Å². The molecule has 1 amide bonds. The van der Waals surface area contributed by atoms with Gasteiger partial charge in [0.25, 0.3) is 5.91 Å². The topological polar surface area (TPSA) is 66.6 Å². The summed E-state index contributed by atoms with van der Waals surface area (Å²) in [7, 11) is 0. The molecule has 0 N–H and O–H groups in total. The first kappa shape index (κ1) is 25.4. The fourth-order valence-corrected chi connectivity index (χ4v) is 5.78. The zero-order valence-electron chi connectivity index (χ0n) is 21.1. The number of hydrogen-bond donors (Lipinski definition) is 0. The number of amides is 1. The van der Waals surface area contributed by atoms with E-state index in [1.54, 1.807) is 9.47 Å². The van der Waals surface area contributed by atoms with Crippen LogP contribution in [-0.4, -0.2) is 49.9 Å². The molecule has 3 aromatic rings. The van der Waals surface area contributed by atoms with Crippen molar-refractivity contribution in [3.63, 3.8) is 0 Å². The third-order valence-electron chi connectivity index (χ3n) is 7.65. The van der Waals surface area contributed by atoms with Gasteiger partial charge in [0.2, 0.25) is 5.96 Å². The molecule has 0 radical (unpaired) electrons. The predicted octanol–water partition coefficient (Wildman–Crippen LogP) is 5.65. The van der Waals surface area contributed by atoms with Gasteiger partial charge >= 0.3 is 6.18 Å². The lowest BCUT2D eigenvalue weighted by molar-refractivity contribution is -0.141. The number of alkyl halides is 3. The normalized spacial score (nSPS) is 18.4. The largest absolute Gasteiger partial charge is 0.433 e. The van der Waals surface area contributed by atoms with E-state index in [4.69, 9.17) is 4.99 Å². The van der Waals surface area contributed by atoms with E-state index < -0.39 is 23.5 Å². The van der Waals surface area contributed by atoms with Crippen LogP contribution in [0.25, 0.3) is 11.4 Å². The van der Waals surface area contributed by atoms with Crippen LogP contribution in [0.5, 0.6) is 0 Å². The van der Waals surface area contributed by atoms with Gasteiger partial charge in [-0.25, -0.2) is 18.8 Å². The van der Waals surface area contributed by atoms with Crippen LogP contribution in [0.1, 0.15) is 60.8 Å². The van der Waals surface area contributed by atoms with Crippen LogP contribution in [0.15, 0.2) is 41.5 Å². The van der Waals surface area contributed by atoms with Crippen molar-refractivity contribution in [3.05, 3.63) is 65.1 Å². The van der Waals surface area contributed by atoms with Crippen LogP contribution < -0.4 is 4.90 Å². The van der Waals surface area contributed by atoms with E-state index in [1.807, 2.05) is 11.8 Å². The van der Waals surface area contributed by atoms with E-state index in [1.165, 1.54) is 12.1 Å². The van der Waals surface area contributed by atoms with Gasteiger partial charge in [0.15, 0.2) is 17.3 Å². The Morgan fingerprint density at radius 3 is 2.44 bits per heavy atom. The Morgan fingerprint density at radius 2 is 1.79 bits per heavy atom. The van der Waals surface area contributed by atoms with Gasteiger partial charge in [-0.05, 0) is 49.6 Å². The average molecular weight is 545 g/mol. The summed E-state index contributed by atoms with van der Waals surface area (Å²) in [5.41, 5.74) is -0.639. The summed E-state index contributed by atoms with van der Waals surface area (Å²) >= 11 is 0. The lowest BCUT2D eigenvalue weighted by Crippen LogP contribution is -2.51. The maximum Gasteiger partial charge on any atom is 0.433 e. The highest BCUT2D eigenvalue weighted by Gasteiger charge is 2.49. The average Bonchev–Trinajstić information content (AvgIpc) is 3.45. The molecule has 1 aromatic carbocycles. The number of nitrogens with zero attached hydrogens (tertiary/aromatic N) is 6. The van der Waals surface area contributed by atoms with E-state index in [0.29, 0.717) is 30.4 Å². The first-order valence-electron chi connectivity index (χ1n) is 12.9. The molecule has 1 saturated carbocycles. The number of hydrogen-bond acceptors (Lipinski definition) is 5. The maximum atomic E-state index is 14.1. The molecule has 1 fully saturated rings. The summed E-state index contributed by atoms with van der Waals surface area (Å²) in [6.07, 6.45) is 1.35. The lowest BCUT2D eigenvalue weighted by Gasteiger charge is -2.35. The highest BCUT2D eigenvalue weighted by molar-refractivity contribution is 6.18. The number of aliphatic imine (C=N–C) groups is 1. The minimum atomic E-state index is -4.62. The molecular formula is C27H25F5N6O. The summed E-state index contributed by atoms with van der Waals surface area (Å²) in [5, 5.41) is 0. The number of pyridine rings is 1. The summed E-state index contributed by atoms with van der Waals surface area (Å²) in [5.74, 6) is -1.26. The molecule has 1 spiro atoms. The van der Waals surface area contributed by atoms with Gasteiger partial charge in [0, 0.05) is 18.3 Å². The molecular weight excluding hydrogens is 519 g/mol. The Balaban J connectivity index is 1.52. The van der Waals surface area contributed by atoms with Crippen LogP contribution in [0.2, 0.25) is 0 Å². The van der Waals surface area contributed by atoms with Crippen LogP contribution >= 0.6 is 0 Å². The minimum Gasteiger partial charge on any atom is -0.305 e. The highest BCUT2D eigenvalue weighted by atomic mass is 19.4. The number of carbonyl (C=O) groups is 1. The number of guanidine groups is 1. The number of fused-ring (bicyclic) bond motifs is 3. The molecule has 3 aliphatic rings. The molecule has 2 aromatic heterocycles. The van der Waals surface area contributed by atoms with E-state index in [0.717, 1.165) is 56.5 Å². The maximum absolute atomic E-state index is 14.1. The van der Waals surface area contributed by atoms with Crippen LogP contribution in [0.3, 0.4) is 0 Å². The number of halogens is 5. The molecule has 2 aliphatic heterocycles. The Bertz CT molecular complexity index is 1470. The number of aromatic nitrogens is 3. The molecule has 39 heavy (non-hydrogen) atoms. The standard InChI is InChI=1S/C27H25F5N6O/c1-2-36-24(39)21-23(38-15-26(35-25(36)38)10-4-3-5-11-26)37(14-16-6-8-18(28)19(29)12-16)22(34-21)17-7-9-20(33-13-17)27(30,31)32/h6-9,12-13H,2-5,10-11,14-15H2,1H3. The third kappa shape index (κ3) is 4.25. The number of rotatable bonds is 4. The third-order valence-corrected chi connectivity index (χ3v) is 7.65. The van der Waals surface area contributed by atoms with E-state index in [9.17, 15) is 26.7 Å². The van der Waals surface area contributed by atoms with Crippen LogP contribution in [-0.2, 0) is 12.7 Å². The number of imidazole rings is 1. The zero-order valence-corrected chi connectivity index (χ0v) is 21.1. The van der Waals surface area contributed by atoms with E-state index in [2.05, 4.69) is 9.97 Å². The first-order valence-corrected chi connectivity index (χ1v) is 12.9. The smallest absolute Gasteiger partial charge is 0.305 e. The van der Waals surface area contributed by atoms with Crippen LogP contribution in [0, 0.1) is 11.6 Å². The molecule has 0 unspecified atom stereocenters. The SMILES string of the molecule is CCN1C(=O)c2nc(-c3ccc(C(F)(F)F)nc3)n(Cc3ccc(F)c(F)c3)c2N2CC3(CCCCC3)N=C12. The van der Waals surface area contributed by atoms with Crippen molar-refractivity contribution in [1.82, 2.24) is 19.4 Å². The summed E-state index contributed by atoms with van der Waals surface area (Å²) in [6.45, 7) is 2.71. The fourth-order valence-electron chi connectivity index (χ4n) is 5.78. The Morgan fingerprint density at radius 1 is 1.03 bits per heavy atom. The van der Waals surface area contributed by atoms with Gasteiger partial charge in [-0.15, -0.1) is 0 Å². The Labute approximate surface area is 221 Å². The quantitative estimate of drug-likeness (QED) is 0.399. The molecule has 0 saturated heterocycles. The van der Waals surface area contributed by atoms with Gasteiger partial charge in [-0.3, -0.25) is 19.6 Å². The zero-order chi connectivity index (χ0) is 27.5. The van der Waals surface area contributed by atoms with Crippen molar-refractivity contribution in [2.75, 3.05) is 18.0 Å². The molecule has 7 nitrogen and oxygen atoms in total. The first-order chi connectivity index (χ1) is 18.6. The van der Waals surface area contributed by atoms with E-state index in [-0.39, 0.29) is 35.1 Å². The molecule has 6 rings (SSSR count). The summed E-state index contributed by atoms with van der Waals surface area (Å²) < 4.78 is 69.0. The predicted molar refractivity (Wildman–Crippen MR) is 133 cm³/mol. The molecule has 204 valence electrons. The number of anilines is 1. The number of carbonyl (C=O) groups excluding carboxylic acids is 1. The second-order valence-corrected chi connectivity index (χ2v) is 10.2. The monoisotopic (exact) mass is 544 g/mol. The second-order valence-electron chi connectivity index (χ2n) is 10.2. The number of benzene rings is 1. The Kier molecular flexibility index (Phi) is 5.96. The summed E-state index contributed by atoms with van der Waals surface area (Å²) in [6, 6.07) is 5.59. The van der Waals surface area contributed by atoms with Gasteiger partial charge in [-0.1, -0.05) is 25.3 Å². The van der Waals surface area contributed by atoms with Crippen LogP contribution in [0.4, 0.5) is 27.8 Å². The van der Waals surface area contributed by atoms with Gasteiger partial charge in [0.1, 0.15) is 17.3 Å². The molecule has 12 heteroatoms. The Hall–Kier alpha value is -3.83. The second kappa shape index (κ2) is 9.13. The minimum absolute atomic E-state index is 0.00786. The summed E-state index contributed by atoms with van der Waals surface area (Å²) in [4.78, 5) is 30.4. The van der Waals surface area contributed by atoms with Crippen molar-refractivity contribution in [2.45, 2.75) is 57.3 Å². The molecule has 0 bridgehead atoms. The van der Waals surface area contributed by atoms with Crippen molar-refractivity contribution < 1.29 is 26.7 Å². The molecule has 1 aliphatic carbocycles. The van der Waals surface area contributed by atoms with Crippen molar-refractivity contribution >= 4 is 17.7 Å². The molecule has 0 atom stereocenters. The van der Waals surface area contributed by atoms with Crippen molar-refractivity contribution in [2.24, 2.45) is 4.99 Å². The van der Waals surface area contributed by atoms with Crippen molar-refractivity contribution in [1.29, 1.82) is 0 Å². The van der Waals surface area contributed by atoms with Gasteiger partial charge in [0.05, 0.1) is 18.6 Å².